The topological polar surface area (TPSA) is 46.2 Å². The third kappa shape index (κ3) is 4.46. The summed E-state index contributed by atoms with van der Waals surface area (Å²) in [5, 5.41) is 2.84. The van der Waals surface area contributed by atoms with Gasteiger partial charge in [0.25, 0.3) is 0 Å². The van der Waals surface area contributed by atoms with Crippen molar-refractivity contribution in [1.82, 2.24) is 0 Å². The summed E-state index contributed by atoms with van der Waals surface area (Å²) >= 11 is 2.27. The highest BCUT2D eigenvalue weighted by Gasteiger charge is 2.14. The normalized spacial score (nSPS) is 11.8. The molecule has 0 aliphatic rings. The van der Waals surface area contributed by atoms with Crippen LogP contribution in [0.2, 0.25) is 0 Å². The molecule has 0 aliphatic heterocycles. The Bertz CT molecular complexity index is 483. The third-order valence-corrected chi connectivity index (χ3v) is 5.98. The lowest BCUT2D eigenvalue weighted by molar-refractivity contribution is 0.588. The zero-order valence-corrected chi connectivity index (χ0v) is 13.3. The maximum absolute atomic E-state index is 11.6. The van der Waals surface area contributed by atoms with Gasteiger partial charge in [-0.15, -0.1) is 0 Å². The van der Waals surface area contributed by atoms with Crippen molar-refractivity contribution >= 4 is 38.1 Å². The summed E-state index contributed by atoms with van der Waals surface area (Å²) < 4.78 is 24.4. The summed E-state index contributed by atoms with van der Waals surface area (Å²) in [4.78, 5) is 0. The standard InChI is InChI=1S/C12H18INO2S/c1-9(2)17(15,16)7-6-14-11-5-4-10(3)12(13)8-11/h4-5,8-9,14H,6-7H2,1-3H3. The number of halogens is 1. The average Bonchev–Trinajstić information content (AvgIpc) is 2.23. The highest BCUT2D eigenvalue weighted by Crippen LogP contribution is 2.16. The van der Waals surface area contributed by atoms with Crippen LogP contribution in [0, 0.1) is 10.5 Å². The number of rotatable bonds is 5. The molecule has 5 heteroatoms. The summed E-state index contributed by atoms with van der Waals surface area (Å²) in [5.41, 5.74) is 2.20. The lowest BCUT2D eigenvalue weighted by Crippen LogP contribution is -2.22. The zero-order valence-electron chi connectivity index (χ0n) is 10.3. The Kier molecular flexibility index (Phi) is 5.24. The van der Waals surface area contributed by atoms with E-state index in [0.717, 1.165) is 5.69 Å². The highest BCUT2D eigenvalue weighted by molar-refractivity contribution is 14.1. The number of aryl methyl sites for hydroxylation is 1. The van der Waals surface area contributed by atoms with Gasteiger partial charge in [-0.1, -0.05) is 6.07 Å². The number of hydrogen-bond acceptors (Lipinski definition) is 3. The number of sulfone groups is 1. The van der Waals surface area contributed by atoms with E-state index in [-0.39, 0.29) is 11.0 Å². The summed E-state index contributed by atoms with van der Waals surface area (Å²) in [5.74, 6) is 0.176. The molecule has 0 spiro atoms. The number of nitrogens with one attached hydrogen (secondary N) is 1. The summed E-state index contributed by atoms with van der Waals surface area (Å²) in [6.07, 6.45) is 0. The Morgan fingerprint density at radius 1 is 1.35 bits per heavy atom. The molecule has 17 heavy (non-hydrogen) atoms. The zero-order chi connectivity index (χ0) is 13.1. The molecule has 0 saturated carbocycles. The van der Waals surface area contributed by atoms with E-state index in [1.165, 1.54) is 9.13 Å². The number of benzene rings is 1. The Labute approximate surface area is 117 Å². The van der Waals surface area contributed by atoms with Gasteiger partial charge in [0.2, 0.25) is 0 Å². The second-order valence-electron chi connectivity index (χ2n) is 4.31. The predicted octanol–water partition coefficient (Wildman–Crippen LogP) is 2.83. The van der Waals surface area contributed by atoms with Crippen LogP contribution < -0.4 is 5.32 Å². The SMILES string of the molecule is Cc1ccc(NCCS(=O)(=O)C(C)C)cc1I. The molecular formula is C12H18INO2S. The largest absolute Gasteiger partial charge is 0.384 e. The Hall–Kier alpha value is -0.300. The van der Waals surface area contributed by atoms with Crippen molar-refractivity contribution in [2.75, 3.05) is 17.6 Å². The van der Waals surface area contributed by atoms with Gasteiger partial charge in [0.15, 0.2) is 9.84 Å². The number of anilines is 1. The molecule has 0 radical (unpaired) electrons. The van der Waals surface area contributed by atoms with E-state index >= 15 is 0 Å². The Morgan fingerprint density at radius 2 is 2.00 bits per heavy atom. The molecular weight excluding hydrogens is 349 g/mol. The summed E-state index contributed by atoms with van der Waals surface area (Å²) in [6, 6.07) is 6.03. The van der Waals surface area contributed by atoms with Crippen LogP contribution in [0.3, 0.4) is 0 Å². The van der Waals surface area contributed by atoms with Crippen LogP contribution in [0.25, 0.3) is 0 Å². The van der Waals surface area contributed by atoms with Crippen molar-refractivity contribution < 1.29 is 8.42 Å². The van der Waals surface area contributed by atoms with Crippen LogP contribution in [0.1, 0.15) is 19.4 Å². The first-order valence-corrected chi connectivity index (χ1v) is 8.34. The van der Waals surface area contributed by atoms with Gasteiger partial charge in [-0.2, -0.15) is 0 Å². The van der Waals surface area contributed by atoms with Crippen molar-refractivity contribution in [3.63, 3.8) is 0 Å². The monoisotopic (exact) mass is 367 g/mol. The van der Waals surface area contributed by atoms with Crippen LogP contribution in [0.15, 0.2) is 18.2 Å². The lowest BCUT2D eigenvalue weighted by Gasteiger charge is -2.10. The quantitative estimate of drug-likeness (QED) is 0.815. The first kappa shape index (κ1) is 14.8. The maximum Gasteiger partial charge on any atom is 0.154 e. The van der Waals surface area contributed by atoms with Gasteiger partial charge in [0.1, 0.15) is 0 Å². The molecule has 1 aromatic rings. The molecule has 0 heterocycles. The molecule has 0 unspecified atom stereocenters. The molecule has 96 valence electrons. The van der Waals surface area contributed by atoms with Crippen LogP contribution >= 0.6 is 22.6 Å². The summed E-state index contributed by atoms with van der Waals surface area (Å²) in [6.45, 7) is 5.93. The average molecular weight is 367 g/mol. The maximum atomic E-state index is 11.6. The van der Waals surface area contributed by atoms with E-state index < -0.39 is 9.84 Å². The first-order chi connectivity index (χ1) is 7.83. The van der Waals surface area contributed by atoms with E-state index in [2.05, 4.69) is 34.8 Å². The molecule has 3 nitrogen and oxygen atoms in total. The van der Waals surface area contributed by atoms with E-state index in [0.29, 0.717) is 6.54 Å². The summed E-state index contributed by atoms with van der Waals surface area (Å²) in [7, 11) is -2.95. The number of hydrogen-bond donors (Lipinski definition) is 1. The Morgan fingerprint density at radius 3 is 2.53 bits per heavy atom. The van der Waals surface area contributed by atoms with Gasteiger partial charge in [0, 0.05) is 15.8 Å². The van der Waals surface area contributed by atoms with E-state index in [9.17, 15) is 8.42 Å². The van der Waals surface area contributed by atoms with Crippen molar-refractivity contribution in [1.29, 1.82) is 0 Å². The molecule has 1 rings (SSSR count). The molecule has 0 atom stereocenters. The molecule has 0 amide bonds. The minimum Gasteiger partial charge on any atom is -0.384 e. The van der Waals surface area contributed by atoms with Crippen molar-refractivity contribution in [2.45, 2.75) is 26.0 Å². The molecule has 1 aromatic carbocycles. The smallest absolute Gasteiger partial charge is 0.154 e. The molecule has 0 aromatic heterocycles. The molecule has 0 fully saturated rings. The Balaban J connectivity index is 2.55. The fourth-order valence-electron chi connectivity index (χ4n) is 1.28. The van der Waals surface area contributed by atoms with Gasteiger partial charge in [-0.3, -0.25) is 0 Å². The van der Waals surface area contributed by atoms with Crippen LogP contribution in [0.4, 0.5) is 5.69 Å². The second-order valence-corrected chi connectivity index (χ2v) is 8.15. The van der Waals surface area contributed by atoms with Crippen molar-refractivity contribution in [3.8, 4) is 0 Å². The highest BCUT2D eigenvalue weighted by atomic mass is 127. The van der Waals surface area contributed by atoms with Gasteiger partial charge in [-0.25, -0.2) is 8.42 Å². The van der Waals surface area contributed by atoms with Crippen molar-refractivity contribution in [3.05, 3.63) is 27.3 Å². The fraction of sp³-hybridized carbons (Fsp3) is 0.500. The van der Waals surface area contributed by atoms with E-state index in [1.54, 1.807) is 13.8 Å². The van der Waals surface area contributed by atoms with Crippen LogP contribution in [-0.4, -0.2) is 26.0 Å². The first-order valence-electron chi connectivity index (χ1n) is 5.54. The van der Waals surface area contributed by atoms with Gasteiger partial charge in [0.05, 0.1) is 11.0 Å². The van der Waals surface area contributed by atoms with E-state index in [4.69, 9.17) is 0 Å². The van der Waals surface area contributed by atoms with Crippen molar-refractivity contribution in [2.24, 2.45) is 0 Å². The molecule has 0 aliphatic carbocycles. The predicted molar refractivity (Wildman–Crippen MR) is 81.3 cm³/mol. The van der Waals surface area contributed by atoms with Crippen LogP contribution in [0.5, 0.6) is 0 Å². The third-order valence-electron chi connectivity index (χ3n) is 2.61. The van der Waals surface area contributed by atoms with E-state index in [1.807, 2.05) is 18.2 Å². The minimum atomic E-state index is -2.95. The van der Waals surface area contributed by atoms with Gasteiger partial charge >= 0.3 is 0 Å². The second kappa shape index (κ2) is 6.04. The van der Waals surface area contributed by atoms with Crippen LogP contribution in [-0.2, 0) is 9.84 Å². The lowest BCUT2D eigenvalue weighted by atomic mass is 10.2. The van der Waals surface area contributed by atoms with Gasteiger partial charge < -0.3 is 5.32 Å². The van der Waals surface area contributed by atoms with Gasteiger partial charge in [-0.05, 0) is 61.1 Å². The molecule has 0 bridgehead atoms. The molecule has 0 saturated heterocycles. The minimum absolute atomic E-state index is 0.176. The fourth-order valence-corrected chi connectivity index (χ4v) is 2.65. The molecule has 1 N–H and O–H groups in total.